The van der Waals surface area contributed by atoms with Crippen LogP contribution in [-0.2, 0) is 25.7 Å². The summed E-state index contributed by atoms with van der Waals surface area (Å²) in [6.45, 7) is 0. The third kappa shape index (κ3) is 4.22. The number of hydrogen-bond acceptors (Lipinski definition) is 3. The van der Waals surface area contributed by atoms with Crippen LogP contribution in [0.1, 0.15) is 45.8 Å². The first-order valence-electron chi connectivity index (χ1n) is 19.2. The van der Waals surface area contributed by atoms with E-state index in [1.807, 2.05) is 18.2 Å². The largest absolute Gasteiger partial charge is 0.456 e. The molecule has 0 amide bonds. The molecule has 0 atom stereocenters. The first-order valence-corrected chi connectivity index (χ1v) is 19.2. The molecule has 0 fully saturated rings. The predicted octanol–water partition coefficient (Wildman–Crippen LogP) is 12.5. The normalized spacial score (nSPS) is 14.3. The van der Waals surface area contributed by atoms with Gasteiger partial charge in [0.25, 0.3) is 0 Å². The van der Waals surface area contributed by atoms with Gasteiger partial charge in [0.1, 0.15) is 28.8 Å². The van der Waals surface area contributed by atoms with Crippen LogP contribution in [0.25, 0.3) is 89.7 Å². The number of hydrogen-bond donors (Lipinski definition) is 0. The van der Waals surface area contributed by atoms with Crippen molar-refractivity contribution in [1.82, 2.24) is 9.13 Å². The standard InChI is InChI=1S/C50H33N3O2/c51-29-31-13-11-19-33(48(31)53-41-21-8-5-18-39(41)47-43(53)27-25-37-34-15-2-1-3-22-44(34)54-50(37)47)30-12-10-14-32(28-30)52-40-20-7-4-17-38(40)46-42(52)26-24-36-35-16-6-9-23-45(35)55-49(36)46/h1-7,9-14,16-20,22-23,25,27-28H,8,15,21,24,26H2. The Bertz CT molecular complexity index is 3250. The summed E-state index contributed by atoms with van der Waals surface area (Å²) in [6, 6.07) is 39.1. The molecule has 0 aliphatic heterocycles. The molecule has 260 valence electrons. The Labute approximate surface area is 316 Å². The first kappa shape index (κ1) is 30.4. The highest BCUT2D eigenvalue weighted by Gasteiger charge is 2.30. The van der Waals surface area contributed by atoms with E-state index in [-0.39, 0.29) is 0 Å². The van der Waals surface area contributed by atoms with Gasteiger partial charge in [-0.2, -0.15) is 5.26 Å². The Kier molecular flexibility index (Phi) is 6.35. The molecule has 3 aliphatic rings. The van der Waals surface area contributed by atoms with Gasteiger partial charge in [-0.25, -0.2) is 0 Å². The van der Waals surface area contributed by atoms with Crippen molar-refractivity contribution in [2.45, 2.75) is 32.1 Å². The van der Waals surface area contributed by atoms with E-state index >= 15 is 0 Å². The SMILES string of the molecule is N#Cc1cccc(-c2cccc(-n3c4c(c5ccccc53)-c3oc5ccccc5c3CC4)c2)c1-n1c2c(c3c4oc5c(c4ccc31)CC=CC=C5)C=CCC2. The average molecular weight is 708 g/mol. The molecule has 9 aromatic rings. The molecule has 3 aliphatic carbocycles. The summed E-state index contributed by atoms with van der Waals surface area (Å²) in [6.07, 6.45) is 17.4. The number of benzene rings is 5. The maximum Gasteiger partial charge on any atom is 0.145 e. The minimum absolute atomic E-state index is 0.641. The molecule has 0 saturated carbocycles. The molecule has 0 bridgehead atoms. The molecule has 5 nitrogen and oxygen atoms in total. The van der Waals surface area contributed by atoms with Crippen LogP contribution in [0.2, 0.25) is 0 Å². The molecule has 4 heterocycles. The highest BCUT2D eigenvalue weighted by Crippen LogP contribution is 2.47. The van der Waals surface area contributed by atoms with Crippen molar-refractivity contribution in [1.29, 1.82) is 5.26 Å². The molecule has 4 aromatic heterocycles. The molecule has 0 N–H and O–H groups in total. The van der Waals surface area contributed by atoms with Gasteiger partial charge in [-0.1, -0.05) is 91.0 Å². The lowest BCUT2D eigenvalue weighted by molar-refractivity contribution is 0.603. The number of nitrogens with zero attached hydrogens (tertiary/aromatic N) is 3. The third-order valence-electron chi connectivity index (χ3n) is 12.0. The van der Waals surface area contributed by atoms with E-state index in [0.29, 0.717) is 5.56 Å². The summed E-state index contributed by atoms with van der Waals surface area (Å²) < 4.78 is 18.1. The molecule has 0 radical (unpaired) electrons. The summed E-state index contributed by atoms with van der Waals surface area (Å²) >= 11 is 0. The van der Waals surface area contributed by atoms with E-state index in [9.17, 15) is 5.26 Å². The lowest BCUT2D eigenvalue weighted by Gasteiger charge is -2.20. The molecule has 0 unspecified atom stereocenters. The van der Waals surface area contributed by atoms with Crippen LogP contribution < -0.4 is 0 Å². The van der Waals surface area contributed by atoms with Gasteiger partial charge < -0.3 is 18.0 Å². The highest BCUT2D eigenvalue weighted by molar-refractivity contribution is 6.11. The lowest BCUT2D eigenvalue weighted by Crippen LogP contribution is -2.08. The predicted molar refractivity (Wildman–Crippen MR) is 222 cm³/mol. The zero-order valence-electron chi connectivity index (χ0n) is 30.0. The number of para-hydroxylation sites is 3. The molecule has 0 spiro atoms. The topological polar surface area (TPSA) is 59.9 Å². The van der Waals surface area contributed by atoms with Crippen molar-refractivity contribution in [2.24, 2.45) is 0 Å². The number of fused-ring (bicyclic) bond motifs is 14. The number of nitriles is 1. The number of furan rings is 2. The number of aryl methyl sites for hydroxylation is 1. The van der Waals surface area contributed by atoms with Gasteiger partial charge in [0.2, 0.25) is 0 Å². The molecular weight excluding hydrogens is 675 g/mol. The van der Waals surface area contributed by atoms with Gasteiger partial charge in [-0.15, -0.1) is 0 Å². The monoisotopic (exact) mass is 707 g/mol. The Hall–Kier alpha value is -7.03. The Balaban J connectivity index is 1.08. The molecule has 0 saturated heterocycles. The Morgan fingerprint density at radius 1 is 0.655 bits per heavy atom. The Morgan fingerprint density at radius 2 is 1.55 bits per heavy atom. The van der Waals surface area contributed by atoms with E-state index < -0.39 is 0 Å². The van der Waals surface area contributed by atoms with Crippen LogP contribution in [0.3, 0.4) is 0 Å². The van der Waals surface area contributed by atoms with E-state index in [4.69, 9.17) is 8.83 Å². The number of aromatic nitrogens is 2. The molecule has 12 rings (SSSR count). The summed E-state index contributed by atoms with van der Waals surface area (Å²) in [4.78, 5) is 0. The molecule has 5 heteroatoms. The van der Waals surface area contributed by atoms with Crippen molar-refractivity contribution < 1.29 is 8.83 Å². The minimum Gasteiger partial charge on any atom is -0.456 e. The second kappa shape index (κ2) is 11.5. The summed E-state index contributed by atoms with van der Waals surface area (Å²) in [5.74, 6) is 1.91. The van der Waals surface area contributed by atoms with Crippen molar-refractivity contribution in [3.8, 4) is 39.9 Å². The van der Waals surface area contributed by atoms with Crippen molar-refractivity contribution >= 4 is 55.9 Å². The van der Waals surface area contributed by atoms with Gasteiger partial charge in [0.05, 0.1) is 27.7 Å². The smallest absolute Gasteiger partial charge is 0.145 e. The van der Waals surface area contributed by atoms with Crippen LogP contribution in [0.4, 0.5) is 0 Å². The summed E-state index contributed by atoms with van der Waals surface area (Å²) in [5.41, 5.74) is 16.1. The van der Waals surface area contributed by atoms with Crippen LogP contribution in [0.5, 0.6) is 0 Å². The molecule has 5 aromatic carbocycles. The highest BCUT2D eigenvalue weighted by atomic mass is 16.3. The van der Waals surface area contributed by atoms with Gasteiger partial charge in [-0.3, -0.25) is 0 Å². The molecular formula is C50H33N3O2. The fourth-order valence-corrected chi connectivity index (χ4v) is 9.72. The van der Waals surface area contributed by atoms with E-state index in [1.54, 1.807) is 0 Å². The van der Waals surface area contributed by atoms with Crippen LogP contribution in [-0.4, -0.2) is 9.13 Å². The van der Waals surface area contributed by atoms with Gasteiger partial charge >= 0.3 is 0 Å². The van der Waals surface area contributed by atoms with Crippen LogP contribution >= 0.6 is 0 Å². The fraction of sp³-hybridized carbons (Fsp3) is 0.100. The minimum atomic E-state index is 0.641. The second-order valence-electron chi connectivity index (χ2n) is 14.9. The first-order chi connectivity index (χ1) is 27.3. The van der Waals surface area contributed by atoms with E-state index in [2.05, 4.69) is 137 Å². The van der Waals surface area contributed by atoms with Crippen molar-refractivity contribution in [3.05, 3.63) is 167 Å². The van der Waals surface area contributed by atoms with Crippen LogP contribution in [0, 0.1) is 11.3 Å². The second-order valence-corrected chi connectivity index (χ2v) is 14.9. The summed E-state index contributed by atoms with van der Waals surface area (Å²) in [5, 5.41) is 15.4. The summed E-state index contributed by atoms with van der Waals surface area (Å²) in [7, 11) is 0. The molecule has 55 heavy (non-hydrogen) atoms. The zero-order chi connectivity index (χ0) is 36.2. The van der Waals surface area contributed by atoms with Gasteiger partial charge in [0, 0.05) is 61.1 Å². The lowest BCUT2D eigenvalue weighted by atomic mass is 9.92. The van der Waals surface area contributed by atoms with Crippen molar-refractivity contribution in [3.63, 3.8) is 0 Å². The maximum atomic E-state index is 10.7. The number of rotatable bonds is 3. The Morgan fingerprint density at radius 3 is 2.49 bits per heavy atom. The van der Waals surface area contributed by atoms with E-state index in [0.717, 1.165) is 99.1 Å². The zero-order valence-corrected chi connectivity index (χ0v) is 30.0. The number of allylic oxidation sites excluding steroid dienone is 4. The van der Waals surface area contributed by atoms with Crippen LogP contribution in [0.15, 0.2) is 136 Å². The maximum absolute atomic E-state index is 10.7. The fourth-order valence-electron chi connectivity index (χ4n) is 9.72. The van der Waals surface area contributed by atoms with Gasteiger partial charge in [-0.05, 0) is 86.2 Å². The average Bonchev–Trinajstić information content (AvgIpc) is 3.93. The van der Waals surface area contributed by atoms with Gasteiger partial charge in [0.15, 0.2) is 0 Å². The van der Waals surface area contributed by atoms with E-state index in [1.165, 1.54) is 44.4 Å². The van der Waals surface area contributed by atoms with Crippen molar-refractivity contribution in [2.75, 3.05) is 0 Å². The third-order valence-corrected chi connectivity index (χ3v) is 12.0. The quantitative estimate of drug-likeness (QED) is 0.184.